The molecule has 1 heterocycles. The molecule has 0 aromatic rings. The number of quaternary nitrogens is 1. The highest BCUT2D eigenvalue weighted by molar-refractivity contribution is 5.12. The summed E-state index contributed by atoms with van der Waals surface area (Å²) in [4.78, 5) is 1.56. The first-order valence-electron chi connectivity index (χ1n) is 9.00. The summed E-state index contributed by atoms with van der Waals surface area (Å²) >= 11 is 0. The van der Waals surface area contributed by atoms with E-state index in [9.17, 15) is 5.11 Å². The molecule has 2 N–H and O–H groups in total. The molecule has 1 aliphatic heterocycles. The van der Waals surface area contributed by atoms with Gasteiger partial charge in [-0.15, -0.1) is 0 Å². The maximum Gasteiger partial charge on any atom is 0.108 e. The van der Waals surface area contributed by atoms with Gasteiger partial charge in [-0.05, 0) is 55.3 Å². The van der Waals surface area contributed by atoms with E-state index < -0.39 is 0 Å². The van der Waals surface area contributed by atoms with E-state index in [1.54, 1.807) is 4.90 Å². The van der Waals surface area contributed by atoms with Crippen molar-refractivity contribution in [2.24, 2.45) is 22.2 Å². The summed E-state index contributed by atoms with van der Waals surface area (Å²) in [5.41, 5.74) is 1.25. The SMILES string of the molecule is C[C@]12CC3CC([C@H](O)C[NH+]4CCOCC4)(C1)C[C@@](C)(C3)C2. The molecule has 0 radical (unpaired) electrons. The second kappa shape index (κ2) is 4.69. The second-order valence-electron chi connectivity index (χ2n) is 9.57. The van der Waals surface area contributed by atoms with Crippen LogP contribution in [0, 0.1) is 22.2 Å². The quantitative estimate of drug-likeness (QED) is 0.822. The molecule has 2 unspecified atom stereocenters. The lowest BCUT2D eigenvalue weighted by Gasteiger charge is -2.66. The van der Waals surface area contributed by atoms with Crippen LogP contribution in [0.5, 0.6) is 0 Å². The highest BCUT2D eigenvalue weighted by Crippen LogP contribution is 2.70. The third-order valence-corrected chi connectivity index (χ3v) is 7.06. The molecule has 0 spiro atoms. The molecule has 120 valence electrons. The van der Waals surface area contributed by atoms with Crippen molar-refractivity contribution in [2.45, 2.75) is 58.5 Å². The minimum atomic E-state index is -0.104. The Morgan fingerprint density at radius 1 is 1.05 bits per heavy atom. The smallest absolute Gasteiger partial charge is 0.108 e. The van der Waals surface area contributed by atoms with Crippen LogP contribution in [0.15, 0.2) is 0 Å². The fourth-order valence-electron chi connectivity index (χ4n) is 7.26. The molecule has 0 amide bonds. The van der Waals surface area contributed by atoms with Crippen molar-refractivity contribution in [3.05, 3.63) is 0 Å². The molecule has 0 aromatic carbocycles. The summed E-state index contributed by atoms with van der Waals surface area (Å²) in [6.45, 7) is 9.83. The lowest BCUT2D eigenvalue weighted by molar-refractivity contribution is -0.912. The zero-order valence-corrected chi connectivity index (χ0v) is 13.8. The number of hydrogen-bond donors (Lipinski definition) is 2. The van der Waals surface area contributed by atoms with Crippen molar-refractivity contribution >= 4 is 0 Å². The van der Waals surface area contributed by atoms with Crippen LogP contribution < -0.4 is 4.90 Å². The van der Waals surface area contributed by atoms with Crippen molar-refractivity contribution in [3.8, 4) is 0 Å². The number of morpholine rings is 1. The minimum absolute atomic E-state index is 0.104. The van der Waals surface area contributed by atoms with E-state index in [1.165, 1.54) is 38.5 Å². The van der Waals surface area contributed by atoms with E-state index in [2.05, 4.69) is 13.8 Å². The topological polar surface area (TPSA) is 33.9 Å². The number of aliphatic hydroxyl groups excluding tert-OH is 1. The van der Waals surface area contributed by atoms with Gasteiger partial charge in [-0.25, -0.2) is 0 Å². The zero-order valence-electron chi connectivity index (χ0n) is 13.8. The molecule has 5 atom stereocenters. The predicted octanol–water partition coefficient (Wildman–Crippen LogP) is 1.26. The minimum Gasteiger partial charge on any atom is -0.387 e. The Morgan fingerprint density at radius 2 is 1.67 bits per heavy atom. The fraction of sp³-hybridized carbons (Fsp3) is 1.00. The standard InChI is InChI=1S/C18H31NO2/c1-16-7-14-8-17(2,11-16)13-18(9-14,12-16)15(20)10-19-3-5-21-6-4-19/h14-15,20H,3-13H2,1-2H3/p+1/t14?,15-,16-,17+,18?/m1/s1. The third kappa shape index (κ3) is 2.46. The summed E-state index contributed by atoms with van der Waals surface area (Å²) in [7, 11) is 0. The lowest BCUT2D eigenvalue weighted by Crippen LogP contribution is -3.15. The van der Waals surface area contributed by atoms with Crippen LogP contribution in [0.3, 0.4) is 0 Å². The highest BCUT2D eigenvalue weighted by Gasteiger charge is 2.62. The normalized spacial score (nSPS) is 51.3. The molecule has 4 saturated carbocycles. The van der Waals surface area contributed by atoms with E-state index >= 15 is 0 Å². The van der Waals surface area contributed by atoms with Crippen LogP contribution in [-0.2, 0) is 4.74 Å². The first kappa shape index (κ1) is 14.5. The Bertz CT molecular complexity index is 399. The first-order chi connectivity index (χ1) is 9.91. The molecule has 21 heavy (non-hydrogen) atoms. The summed E-state index contributed by atoms with van der Waals surface area (Å²) < 4.78 is 5.46. The van der Waals surface area contributed by atoms with Crippen LogP contribution in [0.1, 0.15) is 52.4 Å². The van der Waals surface area contributed by atoms with Gasteiger partial charge in [0.1, 0.15) is 25.7 Å². The Kier molecular flexibility index (Phi) is 3.23. The zero-order chi connectivity index (χ0) is 14.7. The number of hydrogen-bond acceptors (Lipinski definition) is 2. The molecular formula is C18H32NO2+. The molecule has 1 saturated heterocycles. The lowest BCUT2D eigenvalue weighted by atomic mass is 9.39. The summed E-state index contributed by atoms with van der Waals surface area (Å²) in [6, 6.07) is 0. The number of aliphatic hydroxyl groups is 1. The van der Waals surface area contributed by atoms with Crippen molar-refractivity contribution in [2.75, 3.05) is 32.8 Å². The Morgan fingerprint density at radius 3 is 2.24 bits per heavy atom. The second-order valence-corrected chi connectivity index (χ2v) is 9.57. The predicted molar refractivity (Wildman–Crippen MR) is 82.2 cm³/mol. The molecule has 4 bridgehead atoms. The van der Waals surface area contributed by atoms with Gasteiger partial charge in [-0.2, -0.15) is 0 Å². The molecule has 5 fully saturated rings. The third-order valence-electron chi connectivity index (χ3n) is 7.06. The molecule has 3 heteroatoms. The summed E-state index contributed by atoms with van der Waals surface area (Å²) in [5, 5.41) is 11.1. The van der Waals surface area contributed by atoms with Crippen molar-refractivity contribution in [1.29, 1.82) is 0 Å². The summed E-state index contributed by atoms with van der Waals surface area (Å²) in [5.74, 6) is 0.880. The van der Waals surface area contributed by atoms with Crippen molar-refractivity contribution in [1.82, 2.24) is 0 Å². The first-order valence-corrected chi connectivity index (χ1v) is 9.00. The Balaban J connectivity index is 1.53. The van der Waals surface area contributed by atoms with Crippen molar-refractivity contribution in [3.63, 3.8) is 0 Å². The van der Waals surface area contributed by atoms with Gasteiger partial charge in [-0.3, -0.25) is 0 Å². The van der Waals surface area contributed by atoms with E-state index in [0.717, 1.165) is 38.8 Å². The Hall–Kier alpha value is -0.120. The number of ether oxygens (including phenoxy) is 1. The fourth-order valence-corrected chi connectivity index (χ4v) is 7.26. The van der Waals surface area contributed by atoms with Gasteiger partial charge in [0.2, 0.25) is 0 Å². The maximum absolute atomic E-state index is 11.1. The van der Waals surface area contributed by atoms with Gasteiger partial charge in [-0.1, -0.05) is 13.8 Å². The average Bonchev–Trinajstić information content (AvgIpc) is 2.35. The van der Waals surface area contributed by atoms with Crippen molar-refractivity contribution < 1.29 is 14.7 Å². The summed E-state index contributed by atoms with van der Waals surface area (Å²) in [6.07, 6.45) is 7.97. The van der Waals surface area contributed by atoms with Crippen LogP contribution in [0.2, 0.25) is 0 Å². The molecule has 4 aliphatic carbocycles. The molecular weight excluding hydrogens is 262 g/mol. The number of nitrogens with one attached hydrogen (secondary N) is 1. The van der Waals surface area contributed by atoms with Crippen LogP contribution >= 0.6 is 0 Å². The van der Waals surface area contributed by atoms with Gasteiger partial charge in [0.25, 0.3) is 0 Å². The highest BCUT2D eigenvalue weighted by atomic mass is 16.5. The van der Waals surface area contributed by atoms with Gasteiger partial charge in [0.05, 0.1) is 13.2 Å². The maximum atomic E-state index is 11.1. The van der Waals surface area contributed by atoms with E-state index in [-0.39, 0.29) is 11.5 Å². The van der Waals surface area contributed by atoms with Gasteiger partial charge < -0.3 is 14.7 Å². The van der Waals surface area contributed by atoms with Gasteiger partial charge >= 0.3 is 0 Å². The Labute approximate surface area is 129 Å². The molecule has 3 nitrogen and oxygen atoms in total. The van der Waals surface area contributed by atoms with Gasteiger partial charge in [0, 0.05) is 5.41 Å². The molecule has 5 aliphatic rings. The number of rotatable bonds is 3. The van der Waals surface area contributed by atoms with E-state index in [4.69, 9.17) is 4.74 Å². The van der Waals surface area contributed by atoms with Gasteiger partial charge in [0.15, 0.2) is 0 Å². The van der Waals surface area contributed by atoms with Crippen LogP contribution in [-0.4, -0.2) is 44.1 Å². The largest absolute Gasteiger partial charge is 0.387 e. The average molecular weight is 294 g/mol. The molecule has 0 aromatic heterocycles. The molecule has 5 rings (SSSR count). The van der Waals surface area contributed by atoms with E-state index in [0.29, 0.717) is 10.8 Å². The van der Waals surface area contributed by atoms with Crippen LogP contribution in [0.25, 0.3) is 0 Å². The van der Waals surface area contributed by atoms with E-state index in [1.807, 2.05) is 0 Å². The van der Waals surface area contributed by atoms with Crippen LogP contribution in [0.4, 0.5) is 0 Å². The monoisotopic (exact) mass is 294 g/mol.